The summed E-state index contributed by atoms with van der Waals surface area (Å²) in [6.07, 6.45) is 3.58. The van der Waals surface area contributed by atoms with E-state index in [2.05, 4.69) is 6.58 Å². The molecular formula is C16H22O3. The summed E-state index contributed by atoms with van der Waals surface area (Å²) in [5.74, 6) is -0.256. The molecule has 0 saturated carbocycles. The lowest BCUT2D eigenvalue weighted by Gasteiger charge is -2.15. The largest absolute Gasteiger partial charge is 0.382 e. The van der Waals surface area contributed by atoms with Crippen molar-refractivity contribution in [2.24, 2.45) is 0 Å². The van der Waals surface area contributed by atoms with Gasteiger partial charge < -0.3 is 9.84 Å². The average molecular weight is 262 g/mol. The summed E-state index contributed by atoms with van der Waals surface area (Å²) < 4.78 is 5.31. The fourth-order valence-corrected chi connectivity index (χ4v) is 1.72. The van der Waals surface area contributed by atoms with Crippen LogP contribution < -0.4 is 0 Å². The van der Waals surface area contributed by atoms with Crippen molar-refractivity contribution >= 4 is 5.78 Å². The molecule has 0 atom stereocenters. The number of hydrogen-bond acceptors (Lipinski definition) is 3. The van der Waals surface area contributed by atoms with E-state index in [4.69, 9.17) is 4.74 Å². The van der Waals surface area contributed by atoms with Crippen LogP contribution in [0, 0.1) is 0 Å². The van der Waals surface area contributed by atoms with Gasteiger partial charge in [0.1, 0.15) is 5.60 Å². The number of aliphatic hydroxyl groups is 1. The van der Waals surface area contributed by atoms with Gasteiger partial charge in [0.05, 0.1) is 6.61 Å². The molecule has 0 saturated heterocycles. The van der Waals surface area contributed by atoms with Crippen molar-refractivity contribution in [3.05, 3.63) is 48.0 Å². The maximum Gasteiger partial charge on any atom is 0.193 e. The molecule has 3 heteroatoms. The Morgan fingerprint density at radius 2 is 2.00 bits per heavy atom. The van der Waals surface area contributed by atoms with E-state index in [9.17, 15) is 9.90 Å². The lowest BCUT2D eigenvalue weighted by Crippen LogP contribution is -2.31. The second kappa shape index (κ2) is 7.22. The minimum absolute atomic E-state index is 0.256. The number of hydrogen-bond donors (Lipinski definition) is 1. The van der Waals surface area contributed by atoms with Crippen molar-refractivity contribution in [1.82, 2.24) is 0 Å². The molecule has 0 radical (unpaired) electrons. The predicted octanol–water partition coefficient (Wildman–Crippen LogP) is 2.78. The third kappa shape index (κ3) is 5.37. The number of ether oxygens (including phenoxy) is 1. The summed E-state index contributed by atoms with van der Waals surface area (Å²) in [5.41, 5.74) is 0.383. The van der Waals surface area contributed by atoms with Crippen LogP contribution in [0.15, 0.2) is 36.9 Å². The van der Waals surface area contributed by atoms with Gasteiger partial charge in [0.15, 0.2) is 5.78 Å². The molecule has 1 aromatic carbocycles. The summed E-state index contributed by atoms with van der Waals surface area (Å²) in [5, 5.41) is 9.66. The molecule has 0 aliphatic rings. The standard InChI is InChI=1S/C16H22O3/c1-4-11-19-12-5-6-13-7-9-14(10-8-13)15(17)16(2,3)18/h4,7-10,18H,1,5-6,11-12H2,2-3H3. The predicted molar refractivity (Wildman–Crippen MR) is 76.4 cm³/mol. The number of carbonyl (C=O) groups excluding carboxylic acids is 1. The van der Waals surface area contributed by atoms with Gasteiger partial charge in [0.2, 0.25) is 0 Å². The van der Waals surface area contributed by atoms with Crippen LogP contribution >= 0.6 is 0 Å². The molecule has 0 aromatic heterocycles. The van der Waals surface area contributed by atoms with E-state index in [1.165, 1.54) is 13.8 Å². The Morgan fingerprint density at radius 1 is 1.37 bits per heavy atom. The zero-order valence-corrected chi connectivity index (χ0v) is 11.7. The lowest BCUT2D eigenvalue weighted by atomic mass is 9.95. The number of ketones is 1. The monoisotopic (exact) mass is 262 g/mol. The molecule has 0 spiro atoms. The number of Topliss-reactive ketones (excluding diaryl/α,β-unsaturated/α-hetero) is 1. The van der Waals surface area contributed by atoms with Crippen LogP contribution in [0.25, 0.3) is 0 Å². The van der Waals surface area contributed by atoms with Crippen molar-refractivity contribution in [2.75, 3.05) is 13.2 Å². The SMILES string of the molecule is C=CCOCCCc1ccc(C(=O)C(C)(C)O)cc1. The third-order valence-corrected chi connectivity index (χ3v) is 2.76. The van der Waals surface area contributed by atoms with Gasteiger partial charge in [0.25, 0.3) is 0 Å². The minimum Gasteiger partial charge on any atom is -0.382 e. The van der Waals surface area contributed by atoms with E-state index < -0.39 is 5.60 Å². The van der Waals surface area contributed by atoms with Crippen molar-refractivity contribution < 1.29 is 14.6 Å². The highest BCUT2D eigenvalue weighted by Gasteiger charge is 2.24. The van der Waals surface area contributed by atoms with Crippen LogP contribution in [0.3, 0.4) is 0 Å². The molecule has 1 rings (SSSR count). The molecule has 0 unspecified atom stereocenters. The number of carbonyl (C=O) groups is 1. The maximum atomic E-state index is 11.8. The summed E-state index contributed by atoms with van der Waals surface area (Å²) in [7, 11) is 0. The molecular weight excluding hydrogens is 240 g/mol. The quantitative estimate of drug-likeness (QED) is 0.445. The van der Waals surface area contributed by atoms with Crippen molar-refractivity contribution in [3.8, 4) is 0 Å². The molecule has 0 aliphatic heterocycles. The highest BCUT2D eigenvalue weighted by atomic mass is 16.5. The van der Waals surface area contributed by atoms with Gasteiger partial charge in [0, 0.05) is 12.2 Å². The summed E-state index contributed by atoms with van der Waals surface area (Å²) in [4.78, 5) is 11.8. The van der Waals surface area contributed by atoms with Crippen molar-refractivity contribution in [1.29, 1.82) is 0 Å². The van der Waals surface area contributed by atoms with Crippen molar-refractivity contribution in [3.63, 3.8) is 0 Å². The van der Waals surface area contributed by atoms with Gasteiger partial charge in [-0.05, 0) is 32.3 Å². The summed E-state index contributed by atoms with van der Waals surface area (Å²) >= 11 is 0. The minimum atomic E-state index is -1.32. The van der Waals surface area contributed by atoms with E-state index in [0.29, 0.717) is 18.8 Å². The maximum absolute atomic E-state index is 11.8. The molecule has 0 bridgehead atoms. The Kier molecular flexibility index (Phi) is 5.93. The number of benzene rings is 1. The molecule has 0 aliphatic carbocycles. The van der Waals surface area contributed by atoms with Gasteiger partial charge in [-0.15, -0.1) is 6.58 Å². The third-order valence-electron chi connectivity index (χ3n) is 2.76. The Labute approximate surface area is 114 Å². The topological polar surface area (TPSA) is 46.5 Å². The van der Waals surface area contributed by atoms with Crippen LogP contribution in [0.5, 0.6) is 0 Å². The second-order valence-electron chi connectivity index (χ2n) is 5.05. The van der Waals surface area contributed by atoms with Gasteiger partial charge >= 0.3 is 0 Å². The first-order valence-corrected chi connectivity index (χ1v) is 6.50. The van der Waals surface area contributed by atoms with E-state index in [-0.39, 0.29) is 5.78 Å². The second-order valence-corrected chi connectivity index (χ2v) is 5.05. The normalized spacial score (nSPS) is 11.3. The molecule has 1 N–H and O–H groups in total. The van der Waals surface area contributed by atoms with E-state index in [1.807, 2.05) is 12.1 Å². The highest BCUT2D eigenvalue weighted by molar-refractivity contribution is 6.01. The fraction of sp³-hybridized carbons (Fsp3) is 0.438. The Balaban J connectivity index is 2.48. The van der Waals surface area contributed by atoms with E-state index >= 15 is 0 Å². The smallest absolute Gasteiger partial charge is 0.193 e. The summed E-state index contributed by atoms with van der Waals surface area (Å²) in [6, 6.07) is 7.37. The Morgan fingerprint density at radius 3 is 2.53 bits per heavy atom. The van der Waals surface area contributed by atoms with Crippen LogP contribution in [-0.2, 0) is 11.2 Å². The van der Waals surface area contributed by atoms with Gasteiger partial charge in [-0.2, -0.15) is 0 Å². The van der Waals surface area contributed by atoms with Gasteiger partial charge in [-0.25, -0.2) is 0 Å². The van der Waals surface area contributed by atoms with E-state index in [0.717, 1.165) is 18.4 Å². The molecule has 0 fully saturated rings. The van der Waals surface area contributed by atoms with Gasteiger partial charge in [-0.1, -0.05) is 30.3 Å². The van der Waals surface area contributed by atoms with Crippen molar-refractivity contribution in [2.45, 2.75) is 32.3 Å². The van der Waals surface area contributed by atoms with E-state index in [1.54, 1.807) is 18.2 Å². The van der Waals surface area contributed by atoms with Crippen LogP contribution in [0.1, 0.15) is 36.2 Å². The highest BCUT2D eigenvalue weighted by Crippen LogP contribution is 2.14. The van der Waals surface area contributed by atoms with Crippen LogP contribution in [0.2, 0.25) is 0 Å². The first kappa shape index (κ1) is 15.6. The lowest BCUT2D eigenvalue weighted by molar-refractivity contribution is 0.0488. The zero-order chi connectivity index (χ0) is 14.3. The molecule has 0 amide bonds. The van der Waals surface area contributed by atoms with Gasteiger partial charge in [-0.3, -0.25) is 4.79 Å². The van der Waals surface area contributed by atoms with Crippen LogP contribution in [-0.4, -0.2) is 29.7 Å². The molecule has 1 aromatic rings. The number of rotatable bonds is 8. The summed E-state index contributed by atoms with van der Waals surface area (Å²) in [6.45, 7) is 7.87. The molecule has 104 valence electrons. The Bertz CT molecular complexity index is 413. The van der Waals surface area contributed by atoms with Crippen LogP contribution in [0.4, 0.5) is 0 Å². The Hall–Kier alpha value is -1.45. The fourth-order valence-electron chi connectivity index (χ4n) is 1.72. The zero-order valence-electron chi connectivity index (χ0n) is 11.7. The number of aryl methyl sites for hydroxylation is 1. The first-order valence-electron chi connectivity index (χ1n) is 6.50. The molecule has 3 nitrogen and oxygen atoms in total. The average Bonchev–Trinajstić information content (AvgIpc) is 2.37. The molecule has 0 heterocycles. The molecule has 19 heavy (non-hydrogen) atoms. The first-order chi connectivity index (χ1) is 8.95.